The van der Waals surface area contributed by atoms with E-state index in [4.69, 9.17) is 0 Å². The van der Waals surface area contributed by atoms with Gasteiger partial charge in [-0.2, -0.15) is 0 Å². The Bertz CT molecular complexity index is 1240. The Hall–Kier alpha value is -3.45. The number of thiazole rings is 1. The summed E-state index contributed by atoms with van der Waals surface area (Å²) in [6, 6.07) is 4.43. The molecule has 1 aliphatic carbocycles. The van der Waals surface area contributed by atoms with Crippen LogP contribution in [0.25, 0.3) is 0 Å². The van der Waals surface area contributed by atoms with Crippen molar-refractivity contribution in [2.24, 2.45) is 11.8 Å². The summed E-state index contributed by atoms with van der Waals surface area (Å²) in [4.78, 5) is 52.2. The number of imide groups is 1. The number of non-ortho nitro benzene ring substituents is 1. The molecule has 1 fully saturated rings. The fourth-order valence-corrected chi connectivity index (χ4v) is 6.24. The van der Waals surface area contributed by atoms with Crippen molar-refractivity contribution in [3.8, 4) is 0 Å². The van der Waals surface area contributed by atoms with Gasteiger partial charge in [0.05, 0.1) is 27.9 Å². The number of sulfone groups is 1. The standard InChI is InChI=1S/C20H18N4O7S2/c25-16(9-10-23-18(26)14-3-1-2-4-15(14)19(23)27)22-20-21-11-17(32-20)33(30,31)13-7-5-12(6-8-13)24(28)29/h1-2,5-8,11,14-15H,3-4,9-10H2,(H,21,22,25)/t14-,15+. The third-order valence-corrected chi connectivity index (χ3v) is 8.66. The zero-order chi connectivity index (χ0) is 23.8. The normalized spacial score (nSPS) is 20.1. The van der Waals surface area contributed by atoms with Gasteiger partial charge in [0.1, 0.15) is 4.21 Å². The van der Waals surface area contributed by atoms with Crippen molar-refractivity contribution in [3.63, 3.8) is 0 Å². The molecule has 4 rings (SSSR count). The van der Waals surface area contributed by atoms with Crippen LogP contribution in [0.2, 0.25) is 0 Å². The second-order valence-corrected chi connectivity index (χ2v) is 10.7. The lowest BCUT2D eigenvalue weighted by Gasteiger charge is -2.14. The van der Waals surface area contributed by atoms with Gasteiger partial charge in [0, 0.05) is 25.1 Å². The van der Waals surface area contributed by atoms with E-state index < -0.39 is 20.7 Å². The van der Waals surface area contributed by atoms with Crippen LogP contribution < -0.4 is 5.32 Å². The summed E-state index contributed by atoms with van der Waals surface area (Å²) in [6.45, 7) is -0.0597. The molecule has 1 saturated heterocycles. The summed E-state index contributed by atoms with van der Waals surface area (Å²) in [6.07, 6.45) is 5.74. The Morgan fingerprint density at radius 3 is 2.33 bits per heavy atom. The molecule has 0 radical (unpaired) electrons. The van der Waals surface area contributed by atoms with Crippen LogP contribution in [0.15, 0.2) is 51.7 Å². The minimum atomic E-state index is -3.97. The summed E-state index contributed by atoms with van der Waals surface area (Å²) < 4.78 is 25.3. The van der Waals surface area contributed by atoms with E-state index in [0.29, 0.717) is 12.8 Å². The molecule has 2 atom stereocenters. The van der Waals surface area contributed by atoms with Crippen LogP contribution in [-0.4, -0.2) is 47.5 Å². The molecule has 0 unspecified atom stereocenters. The molecule has 33 heavy (non-hydrogen) atoms. The van der Waals surface area contributed by atoms with Gasteiger partial charge in [-0.05, 0) is 25.0 Å². The summed E-state index contributed by atoms with van der Waals surface area (Å²) in [5.74, 6) is -1.79. The average molecular weight is 491 g/mol. The number of hydrogen-bond donors (Lipinski definition) is 1. The van der Waals surface area contributed by atoms with E-state index in [-0.39, 0.29) is 56.5 Å². The number of aromatic nitrogens is 1. The summed E-state index contributed by atoms with van der Waals surface area (Å²) >= 11 is 0.728. The number of nitro benzene ring substituents is 1. The molecule has 3 amide bonds. The maximum Gasteiger partial charge on any atom is 0.269 e. The van der Waals surface area contributed by atoms with E-state index in [9.17, 15) is 32.9 Å². The summed E-state index contributed by atoms with van der Waals surface area (Å²) in [5, 5.41) is 13.3. The zero-order valence-electron chi connectivity index (χ0n) is 17.0. The number of nitrogens with zero attached hydrogens (tertiary/aromatic N) is 3. The molecular formula is C20H18N4O7S2. The molecule has 1 aliphatic heterocycles. The highest BCUT2D eigenvalue weighted by Crippen LogP contribution is 2.35. The maximum atomic E-state index is 12.7. The fraction of sp³-hybridized carbons (Fsp3) is 0.300. The van der Waals surface area contributed by atoms with Gasteiger partial charge in [-0.15, -0.1) is 0 Å². The maximum absolute atomic E-state index is 12.7. The molecule has 0 spiro atoms. The van der Waals surface area contributed by atoms with E-state index in [1.54, 1.807) is 0 Å². The zero-order valence-corrected chi connectivity index (χ0v) is 18.7. The van der Waals surface area contributed by atoms with Crippen LogP contribution in [0.3, 0.4) is 0 Å². The molecule has 11 nitrogen and oxygen atoms in total. The highest BCUT2D eigenvalue weighted by Gasteiger charge is 2.46. The largest absolute Gasteiger partial charge is 0.302 e. The summed E-state index contributed by atoms with van der Waals surface area (Å²) in [5.41, 5.74) is -0.239. The van der Waals surface area contributed by atoms with E-state index in [1.165, 1.54) is 0 Å². The highest BCUT2D eigenvalue weighted by molar-refractivity contribution is 7.93. The second-order valence-electron chi connectivity index (χ2n) is 7.52. The first-order chi connectivity index (χ1) is 15.7. The Kier molecular flexibility index (Phi) is 6.08. The van der Waals surface area contributed by atoms with Crippen molar-refractivity contribution in [1.29, 1.82) is 0 Å². The third-order valence-electron chi connectivity index (χ3n) is 5.51. The lowest BCUT2D eigenvalue weighted by atomic mass is 9.85. The van der Waals surface area contributed by atoms with Crippen LogP contribution >= 0.6 is 11.3 Å². The minimum Gasteiger partial charge on any atom is -0.302 e. The molecule has 1 aromatic carbocycles. The van der Waals surface area contributed by atoms with Crippen LogP contribution in [-0.2, 0) is 24.2 Å². The lowest BCUT2D eigenvalue weighted by molar-refractivity contribution is -0.384. The fourth-order valence-electron chi connectivity index (χ4n) is 3.79. The number of carbonyl (C=O) groups excluding carboxylic acids is 3. The predicted octanol–water partition coefficient (Wildman–Crippen LogP) is 2.16. The van der Waals surface area contributed by atoms with E-state index in [2.05, 4.69) is 10.3 Å². The molecule has 2 heterocycles. The van der Waals surface area contributed by atoms with Crippen molar-refractivity contribution in [2.75, 3.05) is 11.9 Å². The van der Waals surface area contributed by atoms with Crippen molar-refractivity contribution in [3.05, 3.63) is 52.7 Å². The smallest absolute Gasteiger partial charge is 0.269 e. The molecule has 1 aromatic heterocycles. The molecule has 2 aromatic rings. The molecule has 2 aliphatic rings. The van der Waals surface area contributed by atoms with Crippen LogP contribution in [0.1, 0.15) is 19.3 Å². The van der Waals surface area contributed by atoms with Gasteiger partial charge in [-0.25, -0.2) is 13.4 Å². The quantitative estimate of drug-likeness (QED) is 0.268. The number of likely N-dealkylation sites (tertiary alicyclic amines) is 1. The van der Waals surface area contributed by atoms with E-state index in [0.717, 1.165) is 46.7 Å². The first kappa shape index (κ1) is 22.7. The number of anilines is 1. The predicted molar refractivity (Wildman–Crippen MR) is 116 cm³/mol. The van der Waals surface area contributed by atoms with Gasteiger partial charge in [0.15, 0.2) is 5.13 Å². The number of amides is 3. The first-order valence-electron chi connectivity index (χ1n) is 9.94. The van der Waals surface area contributed by atoms with Gasteiger partial charge < -0.3 is 5.32 Å². The van der Waals surface area contributed by atoms with Crippen LogP contribution in [0.4, 0.5) is 10.8 Å². The number of nitrogens with one attached hydrogen (secondary N) is 1. The van der Waals surface area contributed by atoms with Gasteiger partial charge in [0.25, 0.3) is 5.69 Å². The van der Waals surface area contributed by atoms with Gasteiger partial charge >= 0.3 is 0 Å². The molecular weight excluding hydrogens is 472 g/mol. The Balaban J connectivity index is 1.37. The van der Waals surface area contributed by atoms with Crippen LogP contribution in [0, 0.1) is 22.0 Å². The third kappa shape index (κ3) is 4.41. The topological polar surface area (TPSA) is 157 Å². The average Bonchev–Trinajstić information content (AvgIpc) is 3.36. The number of hydrogen-bond acceptors (Lipinski definition) is 9. The number of fused-ring (bicyclic) bond motifs is 1. The molecule has 0 bridgehead atoms. The molecule has 1 N–H and O–H groups in total. The summed E-state index contributed by atoms with van der Waals surface area (Å²) in [7, 11) is -3.97. The number of rotatable bonds is 7. The highest BCUT2D eigenvalue weighted by atomic mass is 32.2. The van der Waals surface area contributed by atoms with E-state index in [1.807, 2.05) is 12.2 Å². The van der Waals surface area contributed by atoms with Gasteiger partial charge in [-0.1, -0.05) is 23.5 Å². The van der Waals surface area contributed by atoms with Gasteiger partial charge in [0.2, 0.25) is 27.6 Å². The number of benzene rings is 1. The molecule has 172 valence electrons. The number of nitro groups is 1. The van der Waals surface area contributed by atoms with Gasteiger partial charge in [-0.3, -0.25) is 29.4 Å². The Morgan fingerprint density at radius 1 is 1.15 bits per heavy atom. The lowest BCUT2D eigenvalue weighted by Crippen LogP contribution is -2.34. The molecule has 13 heteroatoms. The molecule has 0 saturated carbocycles. The van der Waals surface area contributed by atoms with Crippen molar-refractivity contribution in [1.82, 2.24) is 9.88 Å². The van der Waals surface area contributed by atoms with Crippen molar-refractivity contribution >= 4 is 49.7 Å². The SMILES string of the molecule is O=C(CCN1C(=O)[C@H]2CC=CC[C@H]2C1=O)Nc1ncc(S(=O)(=O)c2ccc([N+](=O)[O-])cc2)s1. The second kappa shape index (κ2) is 8.83. The Morgan fingerprint density at radius 2 is 1.76 bits per heavy atom. The first-order valence-corrected chi connectivity index (χ1v) is 12.2. The minimum absolute atomic E-state index is 0.0393. The number of carbonyl (C=O) groups is 3. The Labute approximate surface area is 192 Å². The number of allylic oxidation sites excluding steroid dienone is 2. The monoisotopic (exact) mass is 490 g/mol. The van der Waals surface area contributed by atoms with Crippen molar-refractivity contribution < 1.29 is 27.7 Å². The van der Waals surface area contributed by atoms with Crippen LogP contribution in [0.5, 0.6) is 0 Å². The van der Waals surface area contributed by atoms with E-state index >= 15 is 0 Å². The van der Waals surface area contributed by atoms with Crippen molar-refractivity contribution in [2.45, 2.75) is 28.4 Å².